The number of ether oxygens (including phenoxy) is 1. The van der Waals surface area contributed by atoms with E-state index in [0.29, 0.717) is 22.8 Å². The lowest BCUT2D eigenvalue weighted by atomic mass is 9.78. The number of aryl methyl sites for hydroxylation is 1. The molecule has 1 N–H and O–H groups in total. The van der Waals surface area contributed by atoms with E-state index in [1.165, 1.54) is 18.2 Å². The van der Waals surface area contributed by atoms with Gasteiger partial charge >= 0.3 is 0 Å². The van der Waals surface area contributed by atoms with Crippen LogP contribution in [0.25, 0.3) is 5.65 Å². The molecule has 0 aliphatic heterocycles. The first kappa shape index (κ1) is 22.6. The molecular formula is C26H24F2N2O3. The van der Waals surface area contributed by atoms with Gasteiger partial charge in [0.05, 0.1) is 17.9 Å². The number of imidazole rings is 1. The van der Waals surface area contributed by atoms with Crippen molar-refractivity contribution in [2.75, 3.05) is 6.61 Å². The number of carbonyl (C=O) groups is 1. The van der Waals surface area contributed by atoms with Crippen LogP contribution in [0.15, 0.2) is 66.9 Å². The Bertz CT molecular complexity index is 1280. The number of ketones is 1. The average molecular weight is 450 g/mol. The lowest BCUT2D eigenvalue weighted by Crippen LogP contribution is -2.30. The fraction of sp³-hybridized carbons (Fsp3) is 0.231. The van der Waals surface area contributed by atoms with Crippen molar-refractivity contribution < 1.29 is 23.4 Å². The second-order valence-electron chi connectivity index (χ2n) is 8.29. The molecule has 0 saturated carbocycles. The molecular weight excluding hydrogens is 426 g/mol. The van der Waals surface area contributed by atoms with Gasteiger partial charge in [-0.05, 0) is 36.8 Å². The van der Waals surface area contributed by atoms with Gasteiger partial charge in [0, 0.05) is 18.0 Å². The zero-order valence-electron chi connectivity index (χ0n) is 18.4. The molecule has 0 fully saturated rings. The van der Waals surface area contributed by atoms with E-state index >= 15 is 0 Å². The van der Waals surface area contributed by atoms with E-state index in [1.54, 1.807) is 29.7 Å². The molecule has 0 amide bonds. The number of aromatic nitrogens is 2. The highest BCUT2D eigenvalue weighted by Crippen LogP contribution is 2.31. The molecule has 33 heavy (non-hydrogen) atoms. The minimum atomic E-state index is -0.759. The van der Waals surface area contributed by atoms with E-state index in [-0.39, 0.29) is 31.0 Å². The third-order valence-electron chi connectivity index (χ3n) is 5.86. The molecule has 0 aliphatic rings. The van der Waals surface area contributed by atoms with Gasteiger partial charge in [0.25, 0.3) is 0 Å². The number of aliphatic hydroxyl groups is 1. The van der Waals surface area contributed by atoms with Crippen molar-refractivity contribution in [2.45, 2.75) is 32.3 Å². The molecule has 4 aromatic rings. The van der Waals surface area contributed by atoms with Gasteiger partial charge < -0.3 is 9.84 Å². The lowest BCUT2D eigenvalue weighted by molar-refractivity contribution is 0.0912. The van der Waals surface area contributed by atoms with Crippen LogP contribution in [0.1, 0.15) is 40.7 Å². The van der Waals surface area contributed by atoms with E-state index in [4.69, 9.17) is 4.74 Å². The average Bonchev–Trinajstić information content (AvgIpc) is 3.16. The Labute approximate surface area is 190 Å². The highest BCUT2D eigenvalue weighted by Gasteiger charge is 2.31. The molecule has 2 heterocycles. The number of hydrogen-bond donors (Lipinski definition) is 1. The first-order valence-corrected chi connectivity index (χ1v) is 10.6. The predicted molar refractivity (Wildman–Crippen MR) is 120 cm³/mol. The summed E-state index contributed by atoms with van der Waals surface area (Å²) in [5.41, 5.74) is 1.18. The fourth-order valence-electron chi connectivity index (χ4n) is 3.95. The van der Waals surface area contributed by atoms with E-state index < -0.39 is 17.0 Å². The summed E-state index contributed by atoms with van der Waals surface area (Å²) in [5.74, 6) is -1.27. The second-order valence-corrected chi connectivity index (χ2v) is 8.29. The molecule has 0 aliphatic carbocycles. The van der Waals surface area contributed by atoms with Gasteiger partial charge in [-0.1, -0.05) is 43.3 Å². The maximum atomic E-state index is 14.0. The SMILES string of the molecule is Cc1nc2c(OCc3c(F)cccc3F)cccn2c1C(=O)C[C@@](C)(CO)c1ccccc1. The Hall–Kier alpha value is -3.58. The Balaban J connectivity index is 1.64. The van der Waals surface area contributed by atoms with Crippen LogP contribution in [0.4, 0.5) is 8.78 Å². The van der Waals surface area contributed by atoms with E-state index in [9.17, 15) is 18.7 Å². The predicted octanol–water partition coefficient (Wildman–Crippen LogP) is 5.02. The number of rotatable bonds is 8. The highest BCUT2D eigenvalue weighted by molar-refractivity contribution is 5.97. The van der Waals surface area contributed by atoms with Crippen molar-refractivity contribution >= 4 is 11.4 Å². The van der Waals surface area contributed by atoms with Gasteiger partial charge in [0.1, 0.15) is 23.9 Å². The largest absolute Gasteiger partial charge is 0.485 e. The number of benzene rings is 2. The van der Waals surface area contributed by atoms with Gasteiger partial charge in [-0.25, -0.2) is 13.8 Å². The van der Waals surface area contributed by atoms with Gasteiger partial charge in [-0.2, -0.15) is 0 Å². The van der Waals surface area contributed by atoms with Crippen LogP contribution < -0.4 is 4.74 Å². The Kier molecular flexibility index (Phi) is 6.24. The molecule has 7 heteroatoms. The van der Waals surface area contributed by atoms with Crippen LogP contribution >= 0.6 is 0 Å². The monoisotopic (exact) mass is 450 g/mol. The molecule has 5 nitrogen and oxygen atoms in total. The lowest BCUT2D eigenvalue weighted by Gasteiger charge is -2.27. The number of fused-ring (bicyclic) bond motifs is 1. The summed E-state index contributed by atoms with van der Waals surface area (Å²) >= 11 is 0. The van der Waals surface area contributed by atoms with Crippen LogP contribution in [0.2, 0.25) is 0 Å². The molecule has 2 aromatic carbocycles. The van der Waals surface area contributed by atoms with Gasteiger partial charge in [-0.15, -0.1) is 0 Å². The minimum Gasteiger partial charge on any atom is -0.485 e. The maximum absolute atomic E-state index is 14.0. The first-order valence-electron chi connectivity index (χ1n) is 10.6. The Morgan fingerprint density at radius 2 is 1.76 bits per heavy atom. The number of halogens is 2. The quantitative estimate of drug-likeness (QED) is 0.383. The molecule has 4 rings (SSSR count). The number of Topliss-reactive ketones (excluding diaryl/α,β-unsaturated/α-hetero) is 1. The van der Waals surface area contributed by atoms with Crippen molar-refractivity contribution in [3.63, 3.8) is 0 Å². The van der Waals surface area contributed by atoms with Crippen LogP contribution in [0.5, 0.6) is 5.75 Å². The van der Waals surface area contributed by atoms with Crippen molar-refractivity contribution in [1.82, 2.24) is 9.38 Å². The molecule has 170 valence electrons. The fourth-order valence-corrected chi connectivity index (χ4v) is 3.95. The molecule has 0 spiro atoms. The zero-order valence-corrected chi connectivity index (χ0v) is 18.4. The molecule has 0 unspecified atom stereocenters. The van der Waals surface area contributed by atoms with Gasteiger partial charge in [-0.3, -0.25) is 9.20 Å². The summed E-state index contributed by atoms with van der Waals surface area (Å²) in [6.45, 7) is 3.06. The van der Waals surface area contributed by atoms with E-state index in [2.05, 4.69) is 4.98 Å². The molecule has 0 bridgehead atoms. The summed E-state index contributed by atoms with van der Waals surface area (Å²) in [7, 11) is 0. The summed E-state index contributed by atoms with van der Waals surface area (Å²) in [5, 5.41) is 10.1. The first-order chi connectivity index (χ1) is 15.8. The van der Waals surface area contributed by atoms with Crippen LogP contribution in [-0.2, 0) is 12.0 Å². The van der Waals surface area contributed by atoms with Crippen molar-refractivity contribution in [1.29, 1.82) is 0 Å². The second kappa shape index (κ2) is 9.11. The number of hydrogen-bond acceptors (Lipinski definition) is 4. The van der Waals surface area contributed by atoms with Gasteiger partial charge in [0.15, 0.2) is 17.2 Å². The third kappa shape index (κ3) is 4.36. The number of aliphatic hydroxyl groups excluding tert-OH is 1. The summed E-state index contributed by atoms with van der Waals surface area (Å²) in [4.78, 5) is 17.8. The standard InChI is InChI=1S/C26H24F2N2O3/c1-17-24(22(32)14-26(2,16-31)18-8-4-3-5-9-18)30-13-7-12-23(25(30)29-17)33-15-19-20(27)10-6-11-21(19)28/h3-13,31H,14-16H2,1-2H3/t26-/m0/s1. The normalized spacial score (nSPS) is 13.1. The van der Waals surface area contributed by atoms with Crippen molar-refractivity contribution in [2.24, 2.45) is 0 Å². The number of carbonyl (C=O) groups excluding carboxylic acids is 1. The van der Waals surface area contributed by atoms with E-state index in [0.717, 1.165) is 5.56 Å². The molecule has 2 aromatic heterocycles. The van der Waals surface area contributed by atoms with Crippen LogP contribution in [0, 0.1) is 18.6 Å². The Morgan fingerprint density at radius 3 is 2.42 bits per heavy atom. The van der Waals surface area contributed by atoms with Crippen LogP contribution in [-0.4, -0.2) is 26.9 Å². The summed E-state index contributed by atoms with van der Waals surface area (Å²) in [6, 6.07) is 16.3. The van der Waals surface area contributed by atoms with Crippen molar-refractivity contribution in [3.05, 3.63) is 101 Å². The number of nitrogens with zero attached hydrogens (tertiary/aromatic N) is 2. The number of pyridine rings is 1. The van der Waals surface area contributed by atoms with Crippen molar-refractivity contribution in [3.8, 4) is 5.75 Å². The molecule has 0 radical (unpaired) electrons. The Morgan fingerprint density at radius 1 is 1.06 bits per heavy atom. The smallest absolute Gasteiger partial charge is 0.182 e. The van der Waals surface area contributed by atoms with E-state index in [1.807, 2.05) is 37.3 Å². The minimum absolute atomic E-state index is 0.0771. The molecule has 0 saturated heterocycles. The summed E-state index contributed by atoms with van der Waals surface area (Å²) < 4.78 is 35.2. The van der Waals surface area contributed by atoms with Gasteiger partial charge in [0.2, 0.25) is 0 Å². The molecule has 1 atom stereocenters. The topological polar surface area (TPSA) is 63.8 Å². The maximum Gasteiger partial charge on any atom is 0.182 e. The third-order valence-corrected chi connectivity index (χ3v) is 5.86. The highest BCUT2D eigenvalue weighted by atomic mass is 19.1. The zero-order chi connectivity index (χ0) is 23.6. The van der Waals surface area contributed by atoms with Crippen LogP contribution in [0.3, 0.4) is 0 Å². The summed E-state index contributed by atoms with van der Waals surface area (Å²) in [6.07, 6.45) is 1.77.